The van der Waals surface area contributed by atoms with E-state index in [1.54, 1.807) is 22.7 Å². The molecular formula is C10H12N2S2. The van der Waals surface area contributed by atoms with Crippen molar-refractivity contribution in [2.24, 2.45) is 5.73 Å². The molecule has 0 bridgehead atoms. The van der Waals surface area contributed by atoms with E-state index in [0.717, 1.165) is 16.3 Å². The van der Waals surface area contributed by atoms with Gasteiger partial charge < -0.3 is 5.73 Å². The molecule has 1 atom stereocenters. The predicted molar refractivity (Wildman–Crippen MR) is 61.8 cm³/mol. The number of hydrogen-bond acceptors (Lipinski definition) is 4. The van der Waals surface area contributed by atoms with E-state index in [0.29, 0.717) is 0 Å². The van der Waals surface area contributed by atoms with E-state index in [4.69, 9.17) is 5.73 Å². The third-order valence-electron chi connectivity index (χ3n) is 2.03. The van der Waals surface area contributed by atoms with Crippen LogP contribution in [0.1, 0.15) is 27.7 Å². The molecule has 2 nitrogen and oxygen atoms in total. The minimum Gasteiger partial charge on any atom is -0.319 e. The molecule has 0 aliphatic rings. The van der Waals surface area contributed by atoms with E-state index in [9.17, 15) is 0 Å². The summed E-state index contributed by atoms with van der Waals surface area (Å²) in [5, 5.41) is 3.21. The molecule has 0 aliphatic carbocycles. The fourth-order valence-electron chi connectivity index (χ4n) is 1.24. The summed E-state index contributed by atoms with van der Waals surface area (Å²) in [5.41, 5.74) is 6.11. The summed E-state index contributed by atoms with van der Waals surface area (Å²) in [4.78, 5) is 6.67. The zero-order valence-electron chi connectivity index (χ0n) is 7.93. The largest absolute Gasteiger partial charge is 0.319 e. The number of nitrogens with zero attached hydrogens (tertiary/aromatic N) is 1. The number of thiophene rings is 1. The Kier molecular flexibility index (Phi) is 2.96. The van der Waals surface area contributed by atoms with Gasteiger partial charge in [0.2, 0.25) is 0 Å². The number of aromatic nitrogens is 1. The van der Waals surface area contributed by atoms with Crippen LogP contribution in [0.4, 0.5) is 0 Å². The molecule has 0 fully saturated rings. The van der Waals surface area contributed by atoms with E-state index in [2.05, 4.69) is 23.4 Å². The van der Waals surface area contributed by atoms with Crippen molar-refractivity contribution in [3.05, 3.63) is 38.5 Å². The first kappa shape index (κ1) is 9.83. The molecule has 0 spiro atoms. The summed E-state index contributed by atoms with van der Waals surface area (Å²) < 4.78 is 0. The van der Waals surface area contributed by atoms with E-state index >= 15 is 0 Å². The van der Waals surface area contributed by atoms with Crippen molar-refractivity contribution in [3.63, 3.8) is 0 Å². The van der Waals surface area contributed by atoms with E-state index in [-0.39, 0.29) is 6.04 Å². The third-order valence-corrected chi connectivity index (χ3v) is 4.21. The fourth-order valence-corrected chi connectivity index (χ4v) is 2.94. The Bertz CT molecular complexity index is 392. The second-order valence-electron chi connectivity index (χ2n) is 3.00. The highest BCUT2D eigenvalue weighted by atomic mass is 32.1. The van der Waals surface area contributed by atoms with Crippen LogP contribution in [0, 0.1) is 0 Å². The first-order chi connectivity index (χ1) is 6.81. The minimum atomic E-state index is 0.00722. The van der Waals surface area contributed by atoms with Crippen LogP contribution in [0.25, 0.3) is 0 Å². The maximum absolute atomic E-state index is 6.11. The van der Waals surface area contributed by atoms with Crippen LogP contribution < -0.4 is 5.73 Å². The molecule has 0 saturated carbocycles. The van der Waals surface area contributed by atoms with Gasteiger partial charge in [0.15, 0.2) is 0 Å². The van der Waals surface area contributed by atoms with Gasteiger partial charge in [0, 0.05) is 16.0 Å². The standard InChI is InChI=1S/C10H12N2S2/c1-2-9-12-6-8(14-9)10(11)7-4-3-5-13-7/h3-6,10H,2,11H2,1H3. The highest BCUT2D eigenvalue weighted by Crippen LogP contribution is 2.27. The Morgan fingerprint density at radius 2 is 2.36 bits per heavy atom. The maximum atomic E-state index is 6.11. The molecule has 2 rings (SSSR count). The lowest BCUT2D eigenvalue weighted by atomic mass is 10.2. The van der Waals surface area contributed by atoms with Gasteiger partial charge in [-0.2, -0.15) is 0 Å². The lowest BCUT2D eigenvalue weighted by Crippen LogP contribution is -2.07. The number of rotatable bonds is 3. The average molecular weight is 224 g/mol. The van der Waals surface area contributed by atoms with E-state index < -0.39 is 0 Å². The third kappa shape index (κ3) is 1.87. The van der Waals surface area contributed by atoms with Gasteiger partial charge in [-0.1, -0.05) is 13.0 Å². The van der Waals surface area contributed by atoms with Crippen molar-refractivity contribution in [1.82, 2.24) is 4.98 Å². The molecule has 74 valence electrons. The van der Waals surface area contributed by atoms with Gasteiger partial charge in [-0.25, -0.2) is 4.98 Å². The van der Waals surface area contributed by atoms with Crippen LogP contribution in [0.2, 0.25) is 0 Å². The Balaban J connectivity index is 2.23. The number of thiazole rings is 1. The van der Waals surface area contributed by atoms with Crippen LogP contribution in [0.3, 0.4) is 0 Å². The summed E-state index contributed by atoms with van der Waals surface area (Å²) in [5.74, 6) is 0. The Labute approximate surface area is 91.4 Å². The van der Waals surface area contributed by atoms with Crippen molar-refractivity contribution in [3.8, 4) is 0 Å². The molecule has 14 heavy (non-hydrogen) atoms. The molecule has 2 N–H and O–H groups in total. The fraction of sp³-hybridized carbons (Fsp3) is 0.300. The second kappa shape index (κ2) is 4.21. The lowest BCUT2D eigenvalue weighted by Gasteiger charge is -2.04. The normalized spacial score (nSPS) is 13.0. The van der Waals surface area contributed by atoms with Crippen LogP contribution in [0.15, 0.2) is 23.7 Å². The lowest BCUT2D eigenvalue weighted by molar-refractivity contribution is 0.912. The van der Waals surface area contributed by atoms with Crippen molar-refractivity contribution in [2.45, 2.75) is 19.4 Å². The number of nitrogens with two attached hydrogens (primary N) is 1. The van der Waals surface area contributed by atoms with Gasteiger partial charge in [0.1, 0.15) is 0 Å². The predicted octanol–water partition coefficient (Wildman–Crippen LogP) is 2.82. The van der Waals surface area contributed by atoms with Crippen LogP contribution in [-0.4, -0.2) is 4.98 Å². The molecule has 0 radical (unpaired) electrons. The van der Waals surface area contributed by atoms with Gasteiger partial charge in [-0.05, 0) is 17.9 Å². The van der Waals surface area contributed by atoms with Crippen molar-refractivity contribution >= 4 is 22.7 Å². The molecule has 0 aromatic carbocycles. The number of hydrogen-bond donors (Lipinski definition) is 1. The second-order valence-corrected chi connectivity index (χ2v) is 5.13. The molecule has 1 unspecified atom stereocenters. The van der Waals surface area contributed by atoms with Crippen molar-refractivity contribution in [1.29, 1.82) is 0 Å². The Morgan fingerprint density at radius 1 is 1.50 bits per heavy atom. The molecule has 0 aliphatic heterocycles. The minimum absolute atomic E-state index is 0.00722. The Morgan fingerprint density at radius 3 is 2.93 bits per heavy atom. The van der Waals surface area contributed by atoms with Crippen LogP contribution >= 0.6 is 22.7 Å². The first-order valence-electron chi connectivity index (χ1n) is 4.55. The van der Waals surface area contributed by atoms with Gasteiger partial charge in [0.25, 0.3) is 0 Å². The summed E-state index contributed by atoms with van der Waals surface area (Å²) in [6.07, 6.45) is 2.88. The highest BCUT2D eigenvalue weighted by Gasteiger charge is 2.12. The molecule has 4 heteroatoms. The first-order valence-corrected chi connectivity index (χ1v) is 6.24. The van der Waals surface area contributed by atoms with Gasteiger partial charge >= 0.3 is 0 Å². The summed E-state index contributed by atoms with van der Waals surface area (Å²) in [7, 11) is 0. The van der Waals surface area contributed by atoms with Crippen molar-refractivity contribution in [2.75, 3.05) is 0 Å². The van der Waals surface area contributed by atoms with Crippen LogP contribution in [0.5, 0.6) is 0 Å². The SMILES string of the molecule is CCc1ncc(C(N)c2cccs2)s1. The zero-order valence-corrected chi connectivity index (χ0v) is 9.57. The van der Waals surface area contributed by atoms with E-state index in [1.165, 1.54) is 4.88 Å². The monoisotopic (exact) mass is 224 g/mol. The van der Waals surface area contributed by atoms with Crippen molar-refractivity contribution < 1.29 is 0 Å². The highest BCUT2D eigenvalue weighted by molar-refractivity contribution is 7.12. The topological polar surface area (TPSA) is 38.9 Å². The molecule has 2 aromatic heterocycles. The summed E-state index contributed by atoms with van der Waals surface area (Å²) in [6, 6.07) is 4.11. The van der Waals surface area contributed by atoms with E-state index in [1.807, 2.05) is 12.3 Å². The quantitative estimate of drug-likeness (QED) is 0.870. The molecule has 2 heterocycles. The number of aryl methyl sites for hydroxylation is 1. The summed E-state index contributed by atoms with van der Waals surface area (Å²) >= 11 is 3.41. The summed E-state index contributed by atoms with van der Waals surface area (Å²) in [6.45, 7) is 2.11. The molecule has 2 aromatic rings. The Hall–Kier alpha value is -0.710. The van der Waals surface area contributed by atoms with Gasteiger partial charge in [-0.15, -0.1) is 22.7 Å². The molecule has 0 amide bonds. The van der Waals surface area contributed by atoms with Crippen LogP contribution in [-0.2, 0) is 6.42 Å². The maximum Gasteiger partial charge on any atom is 0.0925 e. The molecular weight excluding hydrogens is 212 g/mol. The smallest absolute Gasteiger partial charge is 0.0925 e. The average Bonchev–Trinajstić information content (AvgIpc) is 2.88. The van der Waals surface area contributed by atoms with Gasteiger partial charge in [0.05, 0.1) is 11.0 Å². The zero-order chi connectivity index (χ0) is 9.97. The molecule has 0 saturated heterocycles. The van der Waals surface area contributed by atoms with Gasteiger partial charge in [-0.3, -0.25) is 0 Å².